The summed E-state index contributed by atoms with van der Waals surface area (Å²) in [5.74, 6) is 0.596. The Kier molecular flexibility index (Phi) is 2.97. The van der Waals surface area contributed by atoms with Crippen LogP contribution in [0, 0.1) is 0 Å². The van der Waals surface area contributed by atoms with E-state index in [2.05, 4.69) is 10.2 Å². The molecule has 0 aliphatic rings. The molecular weight excluding hydrogens is 217 g/mol. The van der Waals surface area contributed by atoms with Crippen LogP contribution >= 0.6 is 11.6 Å². The molecule has 0 saturated carbocycles. The SMILES string of the molecule is FCCn1c(Cl)nnc1-c1ccccc1. The minimum atomic E-state index is -0.488. The van der Waals surface area contributed by atoms with Crippen LogP contribution < -0.4 is 0 Å². The monoisotopic (exact) mass is 225 g/mol. The van der Waals surface area contributed by atoms with Crippen molar-refractivity contribution in [1.82, 2.24) is 14.8 Å². The lowest BCUT2D eigenvalue weighted by atomic mass is 10.2. The average Bonchev–Trinajstić information content (AvgIpc) is 2.63. The van der Waals surface area contributed by atoms with Crippen LogP contribution in [-0.4, -0.2) is 21.4 Å². The Labute approximate surface area is 91.5 Å². The van der Waals surface area contributed by atoms with Gasteiger partial charge in [-0.3, -0.25) is 4.57 Å². The second-order valence-electron chi connectivity index (χ2n) is 3.00. The number of hydrogen-bond acceptors (Lipinski definition) is 2. The molecule has 0 aliphatic heterocycles. The molecule has 1 aromatic carbocycles. The summed E-state index contributed by atoms with van der Waals surface area (Å²) in [5.41, 5.74) is 0.880. The Hall–Kier alpha value is -1.42. The van der Waals surface area contributed by atoms with E-state index < -0.39 is 6.67 Å². The molecule has 0 unspecified atom stereocenters. The molecule has 1 heterocycles. The molecule has 1 aromatic heterocycles. The summed E-state index contributed by atoms with van der Waals surface area (Å²) < 4.78 is 13.8. The number of aromatic nitrogens is 3. The van der Waals surface area contributed by atoms with Crippen molar-refractivity contribution in [1.29, 1.82) is 0 Å². The van der Waals surface area contributed by atoms with Crippen molar-refractivity contribution >= 4 is 11.6 Å². The van der Waals surface area contributed by atoms with Crippen LogP contribution in [0.15, 0.2) is 30.3 Å². The predicted molar refractivity (Wildman–Crippen MR) is 56.4 cm³/mol. The van der Waals surface area contributed by atoms with Crippen LogP contribution in [0.25, 0.3) is 11.4 Å². The van der Waals surface area contributed by atoms with Crippen LogP contribution in [0.4, 0.5) is 4.39 Å². The quantitative estimate of drug-likeness (QED) is 0.804. The van der Waals surface area contributed by atoms with E-state index in [0.29, 0.717) is 5.82 Å². The molecule has 0 atom stereocenters. The molecule has 0 fully saturated rings. The smallest absolute Gasteiger partial charge is 0.225 e. The van der Waals surface area contributed by atoms with Crippen molar-refractivity contribution in [2.75, 3.05) is 6.67 Å². The fourth-order valence-corrected chi connectivity index (χ4v) is 1.57. The largest absolute Gasteiger partial charge is 0.295 e. The molecule has 0 spiro atoms. The van der Waals surface area contributed by atoms with Gasteiger partial charge in [0.05, 0.1) is 6.54 Å². The third-order valence-electron chi connectivity index (χ3n) is 2.05. The maximum atomic E-state index is 12.3. The fourth-order valence-electron chi connectivity index (χ4n) is 1.37. The highest BCUT2D eigenvalue weighted by Crippen LogP contribution is 2.19. The molecular formula is C10H9ClFN3. The van der Waals surface area contributed by atoms with Gasteiger partial charge >= 0.3 is 0 Å². The zero-order valence-corrected chi connectivity index (χ0v) is 8.65. The van der Waals surface area contributed by atoms with Gasteiger partial charge in [0, 0.05) is 5.56 Å². The van der Waals surface area contributed by atoms with Gasteiger partial charge in [0.1, 0.15) is 6.67 Å². The van der Waals surface area contributed by atoms with Crippen molar-refractivity contribution in [3.63, 3.8) is 0 Å². The zero-order valence-electron chi connectivity index (χ0n) is 7.90. The van der Waals surface area contributed by atoms with Gasteiger partial charge in [-0.15, -0.1) is 10.2 Å². The lowest BCUT2D eigenvalue weighted by molar-refractivity contribution is 0.447. The number of hydrogen-bond donors (Lipinski definition) is 0. The summed E-state index contributed by atoms with van der Waals surface area (Å²) in [6.45, 7) is -0.312. The van der Waals surface area contributed by atoms with E-state index >= 15 is 0 Å². The van der Waals surface area contributed by atoms with Crippen molar-refractivity contribution in [2.45, 2.75) is 6.54 Å². The Balaban J connectivity index is 2.44. The molecule has 0 amide bonds. The summed E-state index contributed by atoms with van der Waals surface area (Å²) in [6, 6.07) is 9.44. The minimum absolute atomic E-state index is 0.177. The van der Waals surface area contributed by atoms with E-state index in [1.54, 1.807) is 4.57 Å². The van der Waals surface area contributed by atoms with E-state index in [-0.39, 0.29) is 11.8 Å². The topological polar surface area (TPSA) is 30.7 Å². The van der Waals surface area contributed by atoms with Crippen LogP contribution in [0.1, 0.15) is 0 Å². The van der Waals surface area contributed by atoms with E-state index in [9.17, 15) is 4.39 Å². The standard InChI is InChI=1S/C10H9ClFN3/c11-10-14-13-9(15(10)7-6-12)8-4-2-1-3-5-8/h1-5H,6-7H2. The van der Waals surface area contributed by atoms with Gasteiger partial charge in [-0.05, 0) is 11.6 Å². The molecule has 78 valence electrons. The second kappa shape index (κ2) is 4.40. The Morgan fingerprint density at radius 2 is 1.93 bits per heavy atom. The van der Waals surface area contributed by atoms with Gasteiger partial charge in [0.2, 0.25) is 5.28 Å². The summed E-state index contributed by atoms with van der Waals surface area (Å²) in [4.78, 5) is 0. The molecule has 0 saturated heterocycles. The average molecular weight is 226 g/mol. The summed E-state index contributed by atoms with van der Waals surface area (Å²) in [6.07, 6.45) is 0. The predicted octanol–water partition coefficient (Wildman–Crippen LogP) is 2.57. The van der Waals surface area contributed by atoms with Crippen molar-refractivity contribution in [3.8, 4) is 11.4 Å². The highest BCUT2D eigenvalue weighted by Gasteiger charge is 2.10. The van der Waals surface area contributed by atoms with Gasteiger partial charge in [0.25, 0.3) is 0 Å². The molecule has 2 rings (SSSR count). The van der Waals surface area contributed by atoms with E-state index in [1.165, 1.54) is 0 Å². The van der Waals surface area contributed by atoms with Crippen LogP contribution in [-0.2, 0) is 6.54 Å². The first kappa shape index (κ1) is 10.1. The molecule has 0 aliphatic carbocycles. The third kappa shape index (κ3) is 1.99. The first-order valence-corrected chi connectivity index (χ1v) is 4.91. The first-order chi connectivity index (χ1) is 7.33. The molecule has 3 nitrogen and oxygen atoms in total. The van der Waals surface area contributed by atoms with Gasteiger partial charge in [-0.25, -0.2) is 4.39 Å². The molecule has 0 radical (unpaired) electrons. The summed E-state index contributed by atoms with van der Waals surface area (Å²) in [7, 11) is 0. The van der Waals surface area contributed by atoms with Crippen LogP contribution in [0.3, 0.4) is 0 Å². The lowest BCUT2D eigenvalue weighted by Crippen LogP contribution is -2.02. The molecule has 5 heteroatoms. The second-order valence-corrected chi connectivity index (χ2v) is 3.34. The number of alkyl halides is 1. The first-order valence-electron chi connectivity index (χ1n) is 4.53. The van der Waals surface area contributed by atoms with Crippen molar-refractivity contribution < 1.29 is 4.39 Å². The van der Waals surface area contributed by atoms with Gasteiger partial charge in [-0.1, -0.05) is 30.3 Å². The minimum Gasteiger partial charge on any atom is -0.295 e. The van der Waals surface area contributed by atoms with Crippen LogP contribution in [0.2, 0.25) is 5.28 Å². The molecule has 15 heavy (non-hydrogen) atoms. The number of benzene rings is 1. The highest BCUT2D eigenvalue weighted by molar-refractivity contribution is 6.28. The molecule has 0 bridgehead atoms. The van der Waals surface area contributed by atoms with Crippen molar-refractivity contribution in [2.24, 2.45) is 0 Å². The van der Waals surface area contributed by atoms with E-state index in [0.717, 1.165) is 5.56 Å². The maximum Gasteiger partial charge on any atom is 0.225 e. The number of nitrogens with zero attached hydrogens (tertiary/aromatic N) is 3. The van der Waals surface area contributed by atoms with Gasteiger partial charge in [0.15, 0.2) is 5.82 Å². The summed E-state index contributed by atoms with van der Waals surface area (Å²) >= 11 is 5.80. The van der Waals surface area contributed by atoms with Crippen LogP contribution in [0.5, 0.6) is 0 Å². The Morgan fingerprint density at radius 3 is 2.60 bits per heavy atom. The lowest BCUT2D eigenvalue weighted by Gasteiger charge is -2.04. The zero-order chi connectivity index (χ0) is 10.7. The maximum absolute atomic E-state index is 12.3. The highest BCUT2D eigenvalue weighted by atomic mass is 35.5. The molecule has 2 aromatic rings. The van der Waals surface area contributed by atoms with Gasteiger partial charge in [-0.2, -0.15) is 0 Å². The van der Waals surface area contributed by atoms with E-state index in [4.69, 9.17) is 11.6 Å². The summed E-state index contributed by atoms with van der Waals surface area (Å²) in [5, 5.41) is 7.86. The van der Waals surface area contributed by atoms with Crippen molar-refractivity contribution in [3.05, 3.63) is 35.6 Å². The number of rotatable bonds is 3. The fraction of sp³-hybridized carbons (Fsp3) is 0.200. The van der Waals surface area contributed by atoms with Gasteiger partial charge < -0.3 is 0 Å². The Morgan fingerprint density at radius 1 is 1.20 bits per heavy atom. The van der Waals surface area contributed by atoms with E-state index in [1.807, 2.05) is 30.3 Å². The molecule has 0 N–H and O–H groups in total. The third-order valence-corrected chi connectivity index (χ3v) is 2.33. The number of halogens is 2. The normalized spacial score (nSPS) is 10.5. The Bertz CT molecular complexity index is 441.